The molecular formula is C18H15ClN2O5. The number of nitrogens with zero attached hydrogens (tertiary/aromatic N) is 1. The summed E-state index contributed by atoms with van der Waals surface area (Å²) in [5.41, 5.74) is 1.25. The first kappa shape index (κ1) is 17.8. The number of hydrogen-bond donors (Lipinski definition) is 3. The molecule has 8 heteroatoms. The lowest BCUT2D eigenvalue weighted by atomic mass is 10.1. The van der Waals surface area contributed by atoms with Crippen LogP contribution in [0, 0.1) is 0 Å². The number of amides is 2. The molecule has 3 rings (SSSR count). The highest BCUT2D eigenvalue weighted by Crippen LogP contribution is 2.30. The molecule has 2 amide bonds. The third-order valence-corrected chi connectivity index (χ3v) is 4.22. The largest absolute Gasteiger partial charge is 0.506 e. The lowest BCUT2D eigenvalue weighted by molar-refractivity contribution is -0.136. The third kappa shape index (κ3) is 3.62. The first-order valence-corrected chi connectivity index (χ1v) is 8.15. The van der Waals surface area contributed by atoms with Crippen molar-refractivity contribution in [1.82, 2.24) is 0 Å². The van der Waals surface area contributed by atoms with Crippen molar-refractivity contribution in [2.75, 3.05) is 10.2 Å². The van der Waals surface area contributed by atoms with Crippen molar-refractivity contribution >= 4 is 40.8 Å². The van der Waals surface area contributed by atoms with E-state index in [0.717, 1.165) is 4.90 Å². The van der Waals surface area contributed by atoms with Crippen molar-refractivity contribution < 1.29 is 24.6 Å². The number of carbonyl (C=O) groups is 3. The number of carboxylic acids is 1. The van der Waals surface area contributed by atoms with E-state index in [1.807, 2.05) is 0 Å². The molecule has 1 heterocycles. The standard InChI is InChI=1S/C18H15ClN2O5/c19-11-3-6-13(15(22)8-11)20-14-9-16(23)21(18(14)26)12-4-1-10(2-5-12)7-17(24)25/h1-6,8,14,20,22H,7,9H2,(H,24,25). The highest BCUT2D eigenvalue weighted by atomic mass is 35.5. The Balaban J connectivity index is 1.77. The molecule has 1 unspecified atom stereocenters. The van der Waals surface area contributed by atoms with Gasteiger partial charge in [-0.1, -0.05) is 23.7 Å². The molecule has 1 aliphatic rings. The summed E-state index contributed by atoms with van der Waals surface area (Å²) in [4.78, 5) is 36.7. The van der Waals surface area contributed by atoms with E-state index in [9.17, 15) is 19.5 Å². The summed E-state index contributed by atoms with van der Waals surface area (Å²) in [6.07, 6.45) is -0.194. The number of halogens is 1. The first-order chi connectivity index (χ1) is 12.3. The molecule has 1 fully saturated rings. The van der Waals surface area contributed by atoms with E-state index < -0.39 is 17.9 Å². The van der Waals surface area contributed by atoms with Crippen LogP contribution in [0.5, 0.6) is 5.75 Å². The predicted octanol–water partition coefficient (Wildman–Crippen LogP) is 2.42. The lowest BCUT2D eigenvalue weighted by Gasteiger charge is -2.17. The Morgan fingerprint density at radius 3 is 2.50 bits per heavy atom. The monoisotopic (exact) mass is 374 g/mol. The highest BCUT2D eigenvalue weighted by molar-refractivity contribution is 6.30. The van der Waals surface area contributed by atoms with Gasteiger partial charge in [0.05, 0.1) is 24.2 Å². The number of hydrogen-bond acceptors (Lipinski definition) is 5. The molecule has 2 aromatic carbocycles. The molecule has 0 radical (unpaired) electrons. The van der Waals surface area contributed by atoms with Crippen LogP contribution >= 0.6 is 11.6 Å². The molecule has 3 N–H and O–H groups in total. The van der Waals surface area contributed by atoms with Crippen LogP contribution in [-0.4, -0.2) is 34.0 Å². The zero-order valence-electron chi connectivity index (χ0n) is 13.5. The van der Waals surface area contributed by atoms with E-state index in [1.165, 1.54) is 24.3 Å². The molecule has 1 atom stereocenters. The second-order valence-electron chi connectivity index (χ2n) is 5.87. The number of nitrogens with one attached hydrogen (secondary N) is 1. The van der Waals surface area contributed by atoms with Crippen molar-refractivity contribution in [3.05, 3.63) is 53.1 Å². The molecule has 134 valence electrons. The van der Waals surface area contributed by atoms with Crippen LogP contribution in [0.15, 0.2) is 42.5 Å². The van der Waals surface area contributed by atoms with Crippen molar-refractivity contribution in [3.8, 4) is 5.75 Å². The molecule has 1 saturated heterocycles. The van der Waals surface area contributed by atoms with Gasteiger partial charge in [0.2, 0.25) is 5.91 Å². The van der Waals surface area contributed by atoms with E-state index in [-0.39, 0.29) is 24.5 Å². The number of imide groups is 1. The Bertz CT molecular complexity index is 882. The van der Waals surface area contributed by atoms with E-state index in [1.54, 1.807) is 18.2 Å². The van der Waals surface area contributed by atoms with Crippen molar-refractivity contribution in [3.63, 3.8) is 0 Å². The van der Waals surface area contributed by atoms with Gasteiger partial charge in [-0.05, 0) is 29.8 Å². The van der Waals surface area contributed by atoms with Crippen LogP contribution in [0.1, 0.15) is 12.0 Å². The van der Waals surface area contributed by atoms with Crippen LogP contribution in [0.3, 0.4) is 0 Å². The number of carboxylic acid groups (broad SMARTS) is 1. The van der Waals surface area contributed by atoms with Gasteiger partial charge in [-0.15, -0.1) is 0 Å². The summed E-state index contributed by atoms with van der Waals surface area (Å²) >= 11 is 5.78. The molecule has 26 heavy (non-hydrogen) atoms. The highest BCUT2D eigenvalue weighted by Gasteiger charge is 2.39. The smallest absolute Gasteiger partial charge is 0.307 e. The average molecular weight is 375 g/mol. The minimum absolute atomic E-state index is 0.0578. The molecular weight excluding hydrogens is 360 g/mol. The lowest BCUT2D eigenvalue weighted by Crippen LogP contribution is -2.34. The quantitative estimate of drug-likeness (QED) is 0.548. The molecule has 0 saturated carbocycles. The Labute approximate surface area is 153 Å². The van der Waals surface area contributed by atoms with E-state index in [2.05, 4.69) is 5.32 Å². The number of phenols is 1. The van der Waals surface area contributed by atoms with Crippen LogP contribution in [0.4, 0.5) is 11.4 Å². The minimum Gasteiger partial charge on any atom is -0.506 e. The van der Waals surface area contributed by atoms with Gasteiger partial charge in [-0.25, -0.2) is 4.90 Å². The molecule has 0 aromatic heterocycles. The second kappa shape index (κ2) is 7.05. The molecule has 0 aliphatic carbocycles. The Kier molecular flexibility index (Phi) is 4.81. The average Bonchev–Trinajstić information content (AvgIpc) is 2.84. The van der Waals surface area contributed by atoms with Crippen LogP contribution < -0.4 is 10.2 Å². The van der Waals surface area contributed by atoms with E-state index in [0.29, 0.717) is 22.0 Å². The maximum atomic E-state index is 12.6. The summed E-state index contributed by atoms with van der Waals surface area (Å²) in [6.45, 7) is 0. The molecule has 0 spiro atoms. The summed E-state index contributed by atoms with van der Waals surface area (Å²) in [6, 6.07) is 9.82. The molecule has 0 bridgehead atoms. The number of phenolic OH excluding ortho intramolecular Hbond substituents is 1. The Morgan fingerprint density at radius 1 is 1.19 bits per heavy atom. The molecule has 7 nitrogen and oxygen atoms in total. The number of aromatic hydroxyl groups is 1. The fraction of sp³-hybridized carbons (Fsp3) is 0.167. The van der Waals surface area contributed by atoms with Gasteiger partial charge < -0.3 is 15.5 Å². The predicted molar refractivity (Wildman–Crippen MR) is 95.4 cm³/mol. The topological polar surface area (TPSA) is 107 Å². The van der Waals surface area contributed by atoms with Crippen LogP contribution in [-0.2, 0) is 20.8 Å². The normalized spacial score (nSPS) is 16.8. The van der Waals surface area contributed by atoms with Gasteiger partial charge in [0, 0.05) is 11.1 Å². The summed E-state index contributed by atoms with van der Waals surface area (Å²) in [7, 11) is 0. The maximum Gasteiger partial charge on any atom is 0.307 e. The Hall–Kier alpha value is -3.06. The number of carbonyl (C=O) groups excluding carboxylic acids is 2. The fourth-order valence-corrected chi connectivity index (χ4v) is 2.93. The summed E-state index contributed by atoms with van der Waals surface area (Å²) in [5, 5.41) is 21.9. The third-order valence-electron chi connectivity index (χ3n) is 3.99. The minimum atomic E-state index is -0.960. The Morgan fingerprint density at radius 2 is 1.88 bits per heavy atom. The van der Waals surface area contributed by atoms with E-state index in [4.69, 9.17) is 16.7 Å². The van der Waals surface area contributed by atoms with Crippen molar-refractivity contribution in [2.24, 2.45) is 0 Å². The van der Waals surface area contributed by atoms with Crippen molar-refractivity contribution in [2.45, 2.75) is 18.9 Å². The number of rotatable bonds is 5. The van der Waals surface area contributed by atoms with E-state index >= 15 is 0 Å². The van der Waals surface area contributed by atoms with Crippen LogP contribution in [0.25, 0.3) is 0 Å². The van der Waals surface area contributed by atoms with Gasteiger partial charge in [0.15, 0.2) is 0 Å². The van der Waals surface area contributed by atoms with Crippen molar-refractivity contribution in [1.29, 1.82) is 0 Å². The maximum absolute atomic E-state index is 12.6. The summed E-state index contributed by atoms with van der Waals surface area (Å²) in [5.74, 6) is -1.91. The summed E-state index contributed by atoms with van der Waals surface area (Å²) < 4.78 is 0. The van der Waals surface area contributed by atoms with Crippen LogP contribution in [0.2, 0.25) is 5.02 Å². The number of benzene rings is 2. The second-order valence-corrected chi connectivity index (χ2v) is 6.30. The molecule has 2 aromatic rings. The van der Waals surface area contributed by atoms with Gasteiger partial charge in [0.25, 0.3) is 5.91 Å². The first-order valence-electron chi connectivity index (χ1n) is 7.78. The fourth-order valence-electron chi connectivity index (χ4n) is 2.77. The molecule has 1 aliphatic heterocycles. The zero-order valence-corrected chi connectivity index (χ0v) is 14.2. The number of aliphatic carboxylic acids is 1. The van der Waals surface area contributed by atoms with Gasteiger partial charge in [-0.3, -0.25) is 14.4 Å². The van der Waals surface area contributed by atoms with Gasteiger partial charge >= 0.3 is 5.97 Å². The van der Waals surface area contributed by atoms with Gasteiger partial charge in [0.1, 0.15) is 11.8 Å². The number of anilines is 2. The zero-order chi connectivity index (χ0) is 18.8. The SMILES string of the molecule is O=C(O)Cc1ccc(N2C(=O)CC(Nc3ccc(Cl)cc3O)C2=O)cc1. The van der Waals surface area contributed by atoms with Gasteiger partial charge in [-0.2, -0.15) is 0 Å².